The maximum atomic E-state index is 11.3. The summed E-state index contributed by atoms with van der Waals surface area (Å²) in [4.78, 5) is 11.3. The van der Waals surface area contributed by atoms with Crippen molar-refractivity contribution in [2.75, 3.05) is 19.8 Å². The van der Waals surface area contributed by atoms with Crippen LogP contribution in [0.2, 0.25) is 0 Å². The van der Waals surface area contributed by atoms with Crippen molar-refractivity contribution >= 4 is 5.91 Å². The lowest BCUT2D eigenvalue weighted by Gasteiger charge is -2.34. The predicted octanol–water partition coefficient (Wildman–Crippen LogP) is 0.0205. The first-order valence-electron chi connectivity index (χ1n) is 4.84. The van der Waals surface area contributed by atoms with Crippen LogP contribution in [0.25, 0.3) is 0 Å². The highest BCUT2D eigenvalue weighted by atomic mass is 16.5. The van der Waals surface area contributed by atoms with Gasteiger partial charge in [-0.05, 0) is 25.8 Å². The van der Waals surface area contributed by atoms with E-state index in [1.807, 2.05) is 0 Å². The minimum absolute atomic E-state index is 0.291. The van der Waals surface area contributed by atoms with Crippen molar-refractivity contribution in [2.45, 2.75) is 31.7 Å². The lowest BCUT2D eigenvalue weighted by Crippen LogP contribution is -2.60. The predicted molar refractivity (Wildman–Crippen MR) is 50.3 cm³/mol. The van der Waals surface area contributed by atoms with Gasteiger partial charge in [0, 0.05) is 6.61 Å². The molecule has 0 bridgehead atoms. The van der Waals surface area contributed by atoms with Crippen molar-refractivity contribution in [1.82, 2.24) is 5.32 Å². The molecule has 0 aromatic heterocycles. The van der Waals surface area contributed by atoms with E-state index in [0.717, 1.165) is 32.4 Å². The van der Waals surface area contributed by atoms with Crippen molar-refractivity contribution in [1.29, 1.82) is 0 Å². The first-order valence-corrected chi connectivity index (χ1v) is 4.84. The SMILES string of the molecule is CCCNC1(C(N)=O)CCCOC1. The zero-order chi connectivity index (χ0) is 9.73. The third kappa shape index (κ3) is 2.42. The molecule has 1 aliphatic rings. The second kappa shape index (κ2) is 4.58. The highest BCUT2D eigenvalue weighted by Crippen LogP contribution is 2.18. The molecule has 76 valence electrons. The smallest absolute Gasteiger partial charge is 0.240 e. The van der Waals surface area contributed by atoms with Crippen LogP contribution in [0.4, 0.5) is 0 Å². The summed E-state index contributed by atoms with van der Waals surface area (Å²) >= 11 is 0. The lowest BCUT2D eigenvalue weighted by atomic mass is 9.91. The number of ether oxygens (including phenoxy) is 1. The van der Waals surface area contributed by atoms with Gasteiger partial charge in [0.25, 0.3) is 0 Å². The molecule has 4 nitrogen and oxygen atoms in total. The summed E-state index contributed by atoms with van der Waals surface area (Å²) in [7, 11) is 0. The molecule has 1 fully saturated rings. The van der Waals surface area contributed by atoms with Crippen LogP contribution in [-0.4, -0.2) is 31.2 Å². The van der Waals surface area contributed by atoms with E-state index in [9.17, 15) is 4.79 Å². The van der Waals surface area contributed by atoms with E-state index in [4.69, 9.17) is 10.5 Å². The van der Waals surface area contributed by atoms with Gasteiger partial charge in [-0.3, -0.25) is 4.79 Å². The number of carbonyl (C=O) groups excluding carboxylic acids is 1. The maximum absolute atomic E-state index is 11.3. The number of nitrogens with two attached hydrogens (primary N) is 1. The number of carbonyl (C=O) groups is 1. The van der Waals surface area contributed by atoms with E-state index in [1.165, 1.54) is 0 Å². The molecule has 13 heavy (non-hydrogen) atoms. The Morgan fingerprint density at radius 1 is 1.69 bits per heavy atom. The molecule has 1 unspecified atom stereocenters. The Morgan fingerprint density at radius 3 is 2.92 bits per heavy atom. The van der Waals surface area contributed by atoms with E-state index < -0.39 is 5.54 Å². The third-order valence-corrected chi connectivity index (χ3v) is 2.43. The van der Waals surface area contributed by atoms with Crippen molar-refractivity contribution in [3.8, 4) is 0 Å². The van der Waals surface area contributed by atoms with Gasteiger partial charge in [-0.15, -0.1) is 0 Å². The van der Waals surface area contributed by atoms with E-state index in [0.29, 0.717) is 6.61 Å². The number of primary amides is 1. The Bertz CT molecular complexity index is 176. The second-order valence-corrected chi connectivity index (χ2v) is 3.53. The van der Waals surface area contributed by atoms with E-state index in [-0.39, 0.29) is 5.91 Å². The fourth-order valence-electron chi connectivity index (χ4n) is 1.58. The Kier molecular flexibility index (Phi) is 3.69. The topological polar surface area (TPSA) is 64.3 Å². The highest BCUT2D eigenvalue weighted by Gasteiger charge is 2.37. The zero-order valence-electron chi connectivity index (χ0n) is 8.14. The average molecular weight is 186 g/mol. The first kappa shape index (κ1) is 10.5. The lowest BCUT2D eigenvalue weighted by molar-refractivity contribution is -0.130. The fraction of sp³-hybridized carbons (Fsp3) is 0.889. The number of hydrogen-bond acceptors (Lipinski definition) is 3. The van der Waals surface area contributed by atoms with Gasteiger partial charge in [0.15, 0.2) is 0 Å². The number of hydrogen-bond donors (Lipinski definition) is 2. The van der Waals surface area contributed by atoms with Crippen LogP contribution in [-0.2, 0) is 9.53 Å². The first-order chi connectivity index (χ1) is 6.21. The normalized spacial score (nSPS) is 28.7. The molecule has 0 spiro atoms. The summed E-state index contributed by atoms with van der Waals surface area (Å²) in [5, 5.41) is 3.18. The monoisotopic (exact) mass is 186 g/mol. The summed E-state index contributed by atoms with van der Waals surface area (Å²) < 4.78 is 5.28. The molecule has 1 heterocycles. The Balaban J connectivity index is 2.56. The van der Waals surface area contributed by atoms with E-state index >= 15 is 0 Å². The molecule has 1 aliphatic heterocycles. The van der Waals surface area contributed by atoms with E-state index in [1.54, 1.807) is 0 Å². The standard InChI is InChI=1S/C9H18N2O2/c1-2-5-11-9(8(10)12)4-3-6-13-7-9/h11H,2-7H2,1H3,(H2,10,12). The highest BCUT2D eigenvalue weighted by molar-refractivity contribution is 5.85. The number of rotatable bonds is 4. The van der Waals surface area contributed by atoms with Crippen LogP contribution >= 0.6 is 0 Å². The third-order valence-electron chi connectivity index (χ3n) is 2.43. The van der Waals surface area contributed by atoms with Crippen LogP contribution in [0.15, 0.2) is 0 Å². The Labute approximate surface area is 78.8 Å². The molecule has 1 rings (SSSR count). The molecule has 0 radical (unpaired) electrons. The molecule has 1 amide bonds. The van der Waals surface area contributed by atoms with Gasteiger partial charge in [-0.1, -0.05) is 6.92 Å². The summed E-state index contributed by atoms with van der Waals surface area (Å²) in [6, 6.07) is 0. The van der Waals surface area contributed by atoms with Crippen molar-refractivity contribution in [2.24, 2.45) is 5.73 Å². The van der Waals surface area contributed by atoms with Gasteiger partial charge >= 0.3 is 0 Å². The molecule has 0 saturated carbocycles. The summed E-state index contributed by atoms with van der Waals surface area (Å²) in [6.45, 7) is 4.03. The minimum atomic E-state index is -0.603. The molecule has 3 N–H and O–H groups in total. The molecule has 1 saturated heterocycles. The quantitative estimate of drug-likeness (QED) is 0.650. The van der Waals surface area contributed by atoms with Crippen LogP contribution in [0.5, 0.6) is 0 Å². The van der Waals surface area contributed by atoms with Crippen LogP contribution < -0.4 is 11.1 Å². The van der Waals surface area contributed by atoms with Crippen LogP contribution in [0.3, 0.4) is 0 Å². The van der Waals surface area contributed by atoms with Crippen molar-refractivity contribution in [3.63, 3.8) is 0 Å². The van der Waals surface area contributed by atoms with E-state index in [2.05, 4.69) is 12.2 Å². The van der Waals surface area contributed by atoms with Crippen molar-refractivity contribution in [3.05, 3.63) is 0 Å². The van der Waals surface area contributed by atoms with Gasteiger partial charge < -0.3 is 15.8 Å². The molecular weight excluding hydrogens is 168 g/mol. The molecular formula is C9H18N2O2. The van der Waals surface area contributed by atoms with Gasteiger partial charge in [0.1, 0.15) is 5.54 Å². The Morgan fingerprint density at radius 2 is 2.46 bits per heavy atom. The van der Waals surface area contributed by atoms with Gasteiger partial charge in [0.05, 0.1) is 6.61 Å². The maximum Gasteiger partial charge on any atom is 0.240 e. The molecule has 0 aromatic rings. The largest absolute Gasteiger partial charge is 0.379 e. The average Bonchev–Trinajstić information content (AvgIpc) is 2.16. The van der Waals surface area contributed by atoms with Gasteiger partial charge in [-0.2, -0.15) is 0 Å². The fourth-order valence-corrected chi connectivity index (χ4v) is 1.58. The molecule has 4 heteroatoms. The van der Waals surface area contributed by atoms with Gasteiger partial charge in [-0.25, -0.2) is 0 Å². The molecule has 0 aromatic carbocycles. The summed E-state index contributed by atoms with van der Waals surface area (Å²) in [5.74, 6) is -0.291. The minimum Gasteiger partial charge on any atom is -0.379 e. The summed E-state index contributed by atoms with van der Waals surface area (Å²) in [6.07, 6.45) is 2.69. The zero-order valence-corrected chi connectivity index (χ0v) is 8.14. The van der Waals surface area contributed by atoms with Crippen molar-refractivity contribution < 1.29 is 9.53 Å². The second-order valence-electron chi connectivity index (χ2n) is 3.53. The summed E-state index contributed by atoms with van der Waals surface area (Å²) in [5.41, 5.74) is 4.76. The Hall–Kier alpha value is -0.610. The van der Waals surface area contributed by atoms with Crippen LogP contribution in [0.1, 0.15) is 26.2 Å². The number of nitrogens with one attached hydrogen (secondary N) is 1. The van der Waals surface area contributed by atoms with Gasteiger partial charge in [0.2, 0.25) is 5.91 Å². The number of amides is 1. The van der Waals surface area contributed by atoms with Crippen LogP contribution in [0, 0.1) is 0 Å². The molecule has 1 atom stereocenters. The molecule has 0 aliphatic carbocycles.